The van der Waals surface area contributed by atoms with Crippen molar-refractivity contribution in [1.82, 2.24) is 19.6 Å². The Morgan fingerprint density at radius 1 is 1.33 bits per heavy atom. The molecule has 0 atom stereocenters. The van der Waals surface area contributed by atoms with Crippen LogP contribution in [-0.4, -0.2) is 53.0 Å². The zero-order chi connectivity index (χ0) is 13.0. The van der Waals surface area contributed by atoms with Crippen molar-refractivity contribution in [2.24, 2.45) is 0 Å². The Kier molecular flexibility index (Phi) is 4.35. The second-order valence-electron chi connectivity index (χ2n) is 4.16. The van der Waals surface area contributed by atoms with E-state index < -0.39 is 0 Å². The third kappa shape index (κ3) is 2.90. The molecular weight excluding hydrogens is 250 g/mol. The molecule has 0 unspecified atom stereocenters. The summed E-state index contributed by atoms with van der Waals surface area (Å²) in [7, 11) is 0. The van der Waals surface area contributed by atoms with Gasteiger partial charge in [0.15, 0.2) is 0 Å². The molecule has 2 heterocycles. The molecule has 2 amide bonds. The molecule has 0 saturated carbocycles. The van der Waals surface area contributed by atoms with E-state index in [4.69, 9.17) is 0 Å². The minimum Gasteiger partial charge on any atom is -0.343 e. The molecule has 0 spiro atoms. The van der Waals surface area contributed by atoms with Gasteiger partial charge in [0.05, 0.1) is 0 Å². The molecule has 6 nitrogen and oxygen atoms in total. The lowest BCUT2D eigenvalue weighted by atomic mass is 10.3. The molecule has 2 rings (SSSR count). The summed E-state index contributed by atoms with van der Waals surface area (Å²) < 4.78 is 4.29. The molecule has 1 saturated heterocycles. The predicted octanol–water partition coefficient (Wildman–Crippen LogP) is 0.952. The molecule has 7 heteroatoms. The van der Waals surface area contributed by atoms with Gasteiger partial charge in [0, 0.05) is 50.7 Å². The van der Waals surface area contributed by atoms with Gasteiger partial charge in [0.1, 0.15) is 5.82 Å². The number of nitrogens with zero attached hydrogens (tertiary/aromatic N) is 4. The summed E-state index contributed by atoms with van der Waals surface area (Å²) in [6.45, 7) is 7.81. The quantitative estimate of drug-likeness (QED) is 0.887. The van der Waals surface area contributed by atoms with Crippen molar-refractivity contribution < 1.29 is 4.79 Å². The monoisotopic (exact) mass is 269 g/mol. The number of aromatic nitrogens is 2. The molecule has 1 aliphatic rings. The predicted molar refractivity (Wildman–Crippen MR) is 72.1 cm³/mol. The van der Waals surface area contributed by atoms with E-state index >= 15 is 0 Å². The minimum absolute atomic E-state index is 0.0312. The summed E-state index contributed by atoms with van der Waals surface area (Å²) in [5, 5.41) is 3.80. The van der Waals surface area contributed by atoms with E-state index in [1.807, 2.05) is 11.8 Å². The lowest BCUT2D eigenvalue weighted by molar-refractivity contribution is 0.195. The molecule has 100 valence electrons. The highest BCUT2D eigenvalue weighted by Crippen LogP contribution is 2.19. The van der Waals surface area contributed by atoms with Gasteiger partial charge in [0.25, 0.3) is 0 Å². The van der Waals surface area contributed by atoms with Crippen LogP contribution >= 0.6 is 11.5 Å². The van der Waals surface area contributed by atoms with E-state index in [-0.39, 0.29) is 6.03 Å². The SMILES string of the molecule is CCNC(=O)N1CCN(c2nc(CC)ns2)CC1. The third-order valence-corrected chi connectivity index (χ3v) is 3.75. The number of rotatable bonds is 3. The smallest absolute Gasteiger partial charge is 0.317 e. The van der Waals surface area contributed by atoms with Gasteiger partial charge in [-0.15, -0.1) is 0 Å². The number of carbonyl (C=O) groups is 1. The van der Waals surface area contributed by atoms with Crippen molar-refractivity contribution in [1.29, 1.82) is 0 Å². The molecule has 18 heavy (non-hydrogen) atoms. The zero-order valence-corrected chi connectivity index (χ0v) is 11.7. The number of nitrogens with one attached hydrogen (secondary N) is 1. The fourth-order valence-electron chi connectivity index (χ4n) is 1.88. The average Bonchev–Trinajstić information content (AvgIpc) is 2.88. The Hall–Kier alpha value is -1.37. The number of aryl methyl sites for hydroxylation is 1. The van der Waals surface area contributed by atoms with Crippen molar-refractivity contribution >= 4 is 22.7 Å². The highest BCUT2D eigenvalue weighted by molar-refractivity contribution is 7.09. The Bertz CT molecular complexity index is 400. The number of piperazine rings is 1. The van der Waals surface area contributed by atoms with E-state index in [0.717, 1.165) is 43.6 Å². The molecule has 1 aromatic heterocycles. The van der Waals surface area contributed by atoms with E-state index in [2.05, 4.69) is 26.5 Å². The molecule has 1 fully saturated rings. The molecular formula is C11H19N5OS. The topological polar surface area (TPSA) is 61.4 Å². The first-order valence-electron chi connectivity index (χ1n) is 6.35. The average molecular weight is 269 g/mol. The van der Waals surface area contributed by atoms with Gasteiger partial charge in [-0.05, 0) is 6.92 Å². The van der Waals surface area contributed by atoms with Crippen LogP contribution in [0.2, 0.25) is 0 Å². The molecule has 0 bridgehead atoms. The van der Waals surface area contributed by atoms with Gasteiger partial charge in [-0.2, -0.15) is 4.37 Å². The fourth-order valence-corrected chi connectivity index (χ4v) is 2.68. The molecule has 0 aromatic carbocycles. The largest absolute Gasteiger partial charge is 0.343 e. The van der Waals surface area contributed by atoms with Gasteiger partial charge in [-0.3, -0.25) is 0 Å². The van der Waals surface area contributed by atoms with Gasteiger partial charge in [0.2, 0.25) is 5.13 Å². The van der Waals surface area contributed by atoms with Gasteiger partial charge >= 0.3 is 6.03 Å². The highest BCUT2D eigenvalue weighted by Gasteiger charge is 2.22. The lowest BCUT2D eigenvalue weighted by Gasteiger charge is -2.34. The Balaban J connectivity index is 1.88. The van der Waals surface area contributed by atoms with Crippen molar-refractivity contribution in [2.45, 2.75) is 20.3 Å². The summed E-state index contributed by atoms with van der Waals surface area (Å²) in [5.41, 5.74) is 0. The Labute approximate surface area is 111 Å². The third-order valence-electron chi connectivity index (χ3n) is 2.94. The summed E-state index contributed by atoms with van der Waals surface area (Å²) in [6.07, 6.45) is 0.870. The Morgan fingerprint density at radius 3 is 2.61 bits per heavy atom. The van der Waals surface area contributed by atoms with Crippen LogP contribution in [0.3, 0.4) is 0 Å². The van der Waals surface area contributed by atoms with Gasteiger partial charge in [-0.25, -0.2) is 9.78 Å². The van der Waals surface area contributed by atoms with E-state index in [9.17, 15) is 4.79 Å². The summed E-state index contributed by atoms with van der Waals surface area (Å²) in [6, 6.07) is 0.0312. The van der Waals surface area contributed by atoms with Crippen molar-refractivity contribution in [3.8, 4) is 0 Å². The number of urea groups is 1. The summed E-state index contributed by atoms with van der Waals surface area (Å²) in [5.74, 6) is 0.904. The summed E-state index contributed by atoms with van der Waals surface area (Å²) >= 11 is 1.45. The van der Waals surface area contributed by atoms with E-state index in [0.29, 0.717) is 6.54 Å². The number of hydrogen-bond acceptors (Lipinski definition) is 5. The first-order chi connectivity index (χ1) is 8.74. The number of anilines is 1. The van der Waals surface area contributed by atoms with Crippen molar-refractivity contribution in [3.05, 3.63) is 5.82 Å². The van der Waals surface area contributed by atoms with Crippen LogP contribution in [0, 0.1) is 0 Å². The highest BCUT2D eigenvalue weighted by atomic mass is 32.1. The maximum absolute atomic E-state index is 11.7. The summed E-state index contributed by atoms with van der Waals surface area (Å²) in [4.78, 5) is 20.2. The standard InChI is InChI=1S/C11H19N5OS/c1-3-9-13-11(18-14-9)16-7-5-15(6-8-16)10(17)12-4-2/h3-8H2,1-2H3,(H,12,17). The number of hydrogen-bond donors (Lipinski definition) is 1. The van der Waals surface area contributed by atoms with E-state index in [1.54, 1.807) is 0 Å². The zero-order valence-electron chi connectivity index (χ0n) is 10.8. The van der Waals surface area contributed by atoms with Gasteiger partial charge < -0.3 is 15.1 Å². The first kappa shape index (κ1) is 13.1. The maximum atomic E-state index is 11.7. The van der Waals surface area contributed by atoms with Crippen molar-refractivity contribution in [3.63, 3.8) is 0 Å². The molecule has 0 aliphatic carbocycles. The molecule has 0 radical (unpaired) electrons. The number of carbonyl (C=O) groups excluding carboxylic acids is 1. The number of amides is 2. The lowest BCUT2D eigenvalue weighted by Crippen LogP contribution is -2.51. The Morgan fingerprint density at radius 2 is 2.06 bits per heavy atom. The van der Waals surface area contributed by atoms with Crippen LogP contribution in [0.5, 0.6) is 0 Å². The van der Waals surface area contributed by atoms with Crippen LogP contribution < -0.4 is 10.2 Å². The molecule has 1 N–H and O–H groups in total. The van der Waals surface area contributed by atoms with Crippen LogP contribution in [-0.2, 0) is 6.42 Å². The van der Waals surface area contributed by atoms with Crippen LogP contribution in [0.4, 0.5) is 9.93 Å². The normalized spacial score (nSPS) is 15.9. The van der Waals surface area contributed by atoms with Gasteiger partial charge in [-0.1, -0.05) is 6.92 Å². The fraction of sp³-hybridized carbons (Fsp3) is 0.727. The van der Waals surface area contributed by atoms with E-state index in [1.165, 1.54) is 11.5 Å². The van der Waals surface area contributed by atoms with Crippen molar-refractivity contribution in [2.75, 3.05) is 37.6 Å². The van der Waals surface area contributed by atoms with Crippen LogP contribution in [0.25, 0.3) is 0 Å². The maximum Gasteiger partial charge on any atom is 0.317 e. The molecule has 1 aromatic rings. The second kappa shape index (κ2) is 5.99. The van der Waals surface area contributed by atoms with Crippen LogP contribution in [0.1, 0.15) is 19.7 Å². The molecule has 1 aliphatic heterocycles. The second-order valence-corrected chi connectivity index (χ2v) is 4.89. The van der Waals surface area contributed by atoms with Crippen LogP contribution in [0.15, 0.2) is 0 Å². The first-order valence-corrected chi connectivity index (χ1v) is 7.12. The minimum atomic E-state index is 0.0312.